The van der Waals surface area contributed by atoms with Crippen molar-refractivity contribution >= 4 is 34.6 Å². The predicted octanol–water partition coefficient (Wildman–Crippen LogP) is 5.66. The number of anilines is 1. The molecule has 1 aromatic heterocycles. The zero-order valence-corrected chi connectivity index (χ0v) is 18.2. The molecule has 7 heteroatoms. The highest BCUT2D eigenvalue weighted by Crippen LogP contribution is 2.30. The van der Waals surface area contributed by atoms with Crippen LogP contribution in [-0.2, 0) is 11.3 Å². The van der Waals surface area contributed by atoms with E-state index >= 15 is 0 Å². The summed E-state index contributed by atoms with van der Waals surface area (Å²) in [5.41, 5.74) is 3.13. The van der Waals surface area contributed by atoms with Gasteiger partial charge in [-0.2, -0.15) is 0 Å². The third-order valence-electron chi connectivity index (χ3n) is 5.29. The number of hydrogen-bond acceptors (Lipinski definition) is 5. The first-order chi connectivity index (χ1) is 14.5. The average molecular weight is 443 g/mol. The topological polar surface area (TPSA) is 62.7 Å². The van der Waals surface area contributed by atoms with E-state index in [1.807, 2.05) is 43.3 Å². The number of hydrogen-bond donors (Lipinski definition) is 1. The Morgan fingerprint density at radius 1 is 1.27 bits per heavy atom. The number of benzene rings is 2. The van der Waals surface area contributed by atoms with Gasteiger partial charge >= 0.3 is 5.97 Å². The van der Waals surface area contributed by atoms with E-state index in [0.717, 1.165) is 46.2 Å². The fourth-order valence-electron chi connectivity index (χ4n) is 3.69. The van der Waals surface area contributed by atoms with E-state index in [9.17, 15) is 9.90 Å². The third-order valence-corrected chi connectivity index (χ3v) is 6.72. The van der Waals surface area contributed by atoms with Crippen molar-refractivity contribution in [1.29, 1.82) is 0 Å². The molecule has 5 nitrogen and oxygen atoms in total. The molecule has 1 atom stereocenters. The van der Waals surface area contributed by atoms with Crippen LogP contribution in [0.1, 0.15) is 33.8 Å². The maximum Gasteiger partial charge on any atom is 0.337 e. The zero-order chi connectivity index (χ0) is 21.1. The van der Waals surface area contributed by atoms with Crippen LogP contribution in [0.25, 0.3) is 10.6 Å². The highest BCUT2D eigenvalue weighted by Gasteiger charge is 2.24. The Kier molecular flexibility index (Phi) is 6.37. The van der Waals surface area contributed by atoms with Gasteiger partial charge in [0.05, 0.1) is 34.5 Å². The molecule has 0 aliphatic carbocycles. The lowest BCUT2D eigenvalue weighted by Crippen LogP contribution is -2.40. The molecule has 0 bridgehead atoms. The summed E-state index contributed by atoms with van der Waals surface area (Å²) in [5.74, 6) is -0.899. The minimum absolute atomic E-state index is 0.0566. The molecule has 1 saturated heterocycles. The smallest absolute Gasteiger partial charge is 0.337 e. The van der Waals surface area contributed by atoms with Crippen LogP contribution in [0.3, 0.4) is 0 Å². The number of aryl methyl sites for hydroxylation is 1. The van der Waals surface area contributed by atoms with Gasteiger partial charge in [-0.25, -0.2) is 9.78 Å². The lowest BCUT2D eigenvalue weighted by molar-refractivity contribution is 0.0326. The molecule has 156 valence electrons. The van der Waals surface area contributed by atoms with Crippen LogP contribution < -0.4 is 4.90 Å². The number of carboxylic acids is 1. The molecule has 0 unspecified atom stereocenters. The van der Waals surface area contributed by atoms with Gasteiger partial charge in [0.25, 0.3) is 0 Å². The molecule has 2 heterocycles. The van der Waals surface area contributed by atoms with Crippen molar-refractivity contribution in [2.45, 2.75) is 32.5 Å². The summed E-state index contributed by atoms with van der Waals surface area (Å²) in [6, 6.07) is 14.9. The quantitative estimate of drug-likeness (QED) is 0.534. The maximum absolute atomic E-state index is 11.6. The molecule has 1 fully saturated rings. The maximum atomic E-state index is 11.6. The van der Waals surface area contributed by atoms with E-state index in [4.69, 9.17) is 16.3 Å². The molecule has 4 rings (SSSR count). The second-order valence-corrected chi connectivity index (χ2v) is 8.90. The van der Waals surface area contributed by atoms with E-state index in [0.29, 0.717) is 23.7 Å². The van der Waals surface area contributed by atoms with Crippen LogP contribution >= 0.6 is 22.9 Å². The molecule has 2 aromatic carbocycles. The molecule has 0 saturated carbocycles. The van der Waals surface area contributed by atoms with Crippen molar-refractivity contribution < 1.29 is 14.6 Å². The van der Waals surface area contributed by atoms with Crippen LogP contribution in [0.4, 0.5) is 5.69 Å². The normalized spacial score (nSPS) is 16.6. The van der Waals surface area contributed by atoms with Gasteiger partial charge in [-0.05, 0) is 44.0 Å². The molecule has 0 amide bonds. The highest BCUT2D eigenvalue weighted by molar-refractivity contribution is 7.15. The van der Waals surface area contributed by atoms with Gasteiger partial charge in [-0.15, -0.1) is 11.3 Å². The fourth-order valence-corrected chi connectivity index (χ4v) is 4.81. The number of thiazole rings is 1. The van der Waals surface area contributed by atoms with Crippen LogP contribution in [0.2, 0.25) is 5.02 Å². The van der Waals surface area contributed by atoms with Crippen molar-refractivity contribution in [1.82, 2.24) is 4.98 Å². The molecular formula is C23H23ClN2O3S. The Hall–Kier alpha value is -2.41. The Labute approximate surface area is 184 Å². The standard InChI is InChI=1S/C23H23ClN2O3S/c1-15-21(30-22(25-15)16-8-10-17(24)11-9-16)14-29-18-5-4-12-26(13-18)20-7-3-2-6-19(20)23(27)28/h2-3,6-11,18H,4-5,12-14H2,1H3,(H,27,28)/t18-/m0/s1. The van der Waals surface area contributed by atoms with Gasteiger partial charge in [-0.1, -0.05) is 35.9 Å². The minimum Gasteiger partial charge on any atom is -0.478 e. The van der Waals surface area contributed by atoms with Gasteiger partial charge < -0.3 is 14.7 Å². The summed E-state index contributed by atoms with van der Waals surface area (Å²) in [5, 5.41) is 11.2. The average Bonchev–Trinajstić information content (AvgIpc) is 3.13. The van der Waals surface area contributed by atoms with Gasteiger partial charge in [0.2, 0.25) is 0 Å². The first-order valence-electron chi connectivity index (χ1n) is 9.92. The second kappa shape index (κ2) is 9.16. The van der Waals surface area contributed by atoms with Gasteiger partial charge in [0.1, 0.15) is 5.01 Å². The van der Waals surface area contributed by atoms with E-state index in [-0.39, 0.29) is 6.10 Å². The number of rotatable bonds is 6. The lowest BCUT2D eigenvalue weighted by atomic mass is 10.1. The summed E-state index contributed by atoms with van der Waals surface area (Å²) in [6.07, 6.45) is 1.99. The van der Waals surface area contributed by atoms with Gasteiger partial charge in [-0.3, -0.25) is 0 Å². The first-order valence-corrected chi connectivity index (χ1v) is 11.1. The summed E-state index contributed by atoms with van der Waals surface area (Å²) >= 11 is 7.62. The molecule has 1 aliphatic rings. The Morgan fingerprint density at radius 2 is 2.03 bits per heavy atom. The monoisotopic (exact) mass is 442 g/mol. The van der Waals surface area contributed by atoms with Crippen LogP contribution in [0, 0.1) is 6.92 Å². The molecule has 1 aliphatic heterocycles. The van der Waals surface area contributed by atoms with E-state index in [1.165, 1.54) is 0 Å². The number of para-hydroxylation sites is 1. The number of carboxylic acid groups (broad SMARTS) is 1. The Balaban J connectivity index is 1.42. The van der Waals surface area contributed by atoms with Crippen molar-refractivity contribution in [2.24, 2.45) is 0 Å². The SMILES string of the molecule is Cc1nc(-c2ccc(Cl)cc2)sc1CO[C@H]1CCCN(c2ccccc2C(=O)O)C1. The molecule has 0 radical (unpaired) electrons. The largest absolute Gasteiger partial charge is 0.478 e. The lowest BCUT2D eigenvalue weighted by Gasteiger charge is -2.35. The highest BCUT2D eigenvalue weighted by atomic mass is 35.5. The number of halogens is 1. The second-order valence-electron chi connectivity index (χ2n) is 7.38. The van der Waals surface area contributed by atoms with E-state index in [1.54, 1.807) is 23.5 Å². The summed E-state index contributed by atoms with van der Waals surface area (Å²) in [6.45, 7) is 4.04. The fraction of sp³-hybridized carbons (Fsp3) is 0.304. The molecule has 1 N–H and O–H groups in total. The van der Waals surface area contributed by atoms with Gasteiger partial charge in [0, 0.05) is 23.7 Å². The number of carbonyl (C=O) groups is 1. The van der Waals surface area contributed by atoms with Crippen molar-refractivity contribution in [3.05, 3.63) is 69.7 Å². The molecule has 3 aromatic rings. The van der Waals surface area contributed by atoms with Crippen molar-refractivity contribution in [3.63, 3.8) is 0 Å². The van der Waals surface area contributed by atoms with E-state index in [2.05, 4.69) is 9.88 Å². The number of aromatic carboxylic acids is 1. The number of ether oxygens (including phenoxy) is 1. The summed E-state index contributed by atoms with van der Waals surface area (Å²) < 4.78 is 6.23. The molecule has 30 heavy (non-hydrogen) atoms. The van der Waals surface area contributed by atoms with Crippen LogP contribution in [0.15, 0.2) is 48.5 Å². The molecular weight excluding hydrogens is 420 g/mol. The summed E-state index contributed by atoms with van der Waals surface area (Å²) in [4.78, 5) is 19.5. The minimum atomic E-state index is -0.899. The summed E-state index contributed by atoms with van der Waals surface area (Å²) in [7, 11) is 0. The number of nitrogens with zero attached hydrogens (tertiary/aromatic N) is 2. The van der Waals surface area contributed by atoms with Crippen LogP contribution in [-0.4, -0.2) is 35.3 Å². The number of piperidine rings is 1. The Bertz CT molecular complexity index is 1040. The first kappa shape index (κ1) is 20.8. The van der Waals surface area contributed by atoms with Crippen LogP contribution in [0.5, 0.6) is 0 Å². The predicted molar refractivity (Wildman–Crippen MR) is 121 cm³/mol. The van der Waals surface area contributed by atoms with E-state index < -0.39 is 5.97 Å². The Morgan fingerprint density at radius 3 is 2.80 bits per heavy atom. The van der Waals surface area contributed by atoms with Gasteiger partial charge in [0.15, 0.2) is 0 Å². The number of aromatic nitrogens is 1. The zero-order valence-electron chi connectivity index (χ0n) is 16.7. The third kappa shape index (κ3) is 4.67. The van der Waals surface area contributed by atoms with Crippen molar-refractivity contribution in [3.8, 4) is 10.6 Å². The molecule has 0 spiro atoms. The van der Waals surface area contributed by atoms with Crippen molar-refractivity contribution in [2.75, 3.05) is 18.0 Å².